The van der Waals surface area contributed by atoms with E-state index in [4.69, 9.17) is 40.3 Å². The Balaban J connectivity index is 1.94. The number of hydrogen-bond donors (Lipinski definition) is 11. The molecule has 3 rings (SSSR count). The molecule has 13 N–H and O–H groups in total. The minimum Gasteiger partial charge on any atom is -0.444 e. The molecule has 3 fully saturated rings. The number of likely N-dealkylation sites (N-methyl/N-ethyl adjacent to an activating group) is 1. The number of rotatable bonds is 14. The van der Waals surface area contributed by atoms with E-state index in [2.05, 4.69) is 21.3 Å². The molecular formula is C30H58N6O12. The third-order valence-corrected chi connectivity index (χ3v) is 8.63. The summed E-state index contributed by atoms with van der Waals surface area (Å²) in [6.07, 6.45) is -9.58. The van der Waals surface area contributed by atoms with Crippen molar-refractivity contribution in [2.75, 3.05) is 39.9 Å². The van der Waals surface area contributed by atoms with Crippen molar-refractivity contribution >= 4 is 12.0 Å². The third kappa shape index (κ3) is 11.1. The first-order chi connectivity index (χ1) is 22.5. The van der Waals surface area contributed by atoms with Crippen molar-refractivity contribution in [3.63, 3.8) is 0 Å². The van der Waals surface area contributed by atoms with E-state index < -0.39 is 90.5 Å². The van der Waals surface area contributed by atoms with Gasteiger partial charge in [0.05, 0.1) is 43.5 Å². The van der Waals surface area contributed by atoms with Crippen LogP contribution in [0.5, 0.6) is 0 Å². The minimum absolute atomic E-state index is 0.0339. The molecule has 0 aromatic heterocycles. The monoisotopic (exact) mass is 694 g/mol. The molecule has 2 heterocycles. The van der Waals surface area contributed by atoms with Gasteiger partial charge in [0.2, 0.25) is 5.91 Å². The number of carbonyl (C=O) groups excluding carboxylic acids is 2. The van der Waals surface area contributed by atoms with E-state index in [-0.39, 0.29) is 38.7 Å². The number of nitrogens with two attached hydrogens (primary N) is 2. The Labute approximate surface area is 281 Å². The third-order valence-electron chi connectivity index (χ3n) is 8.63. The first-order valence-electron chi connectivity index (χ1n) is 16.6. The number of hydrogen-bond acceptors (Lipinski definition) is 16. The van der Waals surface area contributed by atoms with E-state index in [0.29, 0.717) is 25.9 Å². The lowest BCUT2D eigenvalue weighted by molar-refractivity contribution is -0.308. The lowest BCUT2D eigenvalue weighted by Crippen LogP contribution is -2.70. The maximum absolute atomic E-state index is 13.0. The Kier molecular flexibility index (Phi) is 15.2. The quantitative estimate of drug-likeness (QED) is 0.0775. The van der Waals surface area contributed by atoms with Gasteiger partial charge in [-0.3, -0.25) is 4.79 Å². The lowest BCUT2D eigenvalue weighted by atomic mass is 9.82. The second-order valence-electron chi connectivity index (χ2n) is 14.0. The van der Waals surface area contributed by atoms with Crippen LogP contribution < -0.4 is 32.7 Å². The fraction of sp³-hybridized carbons (Fsp3) is 0.933. The minimum atomic E-state index is -1.61. The van der Waals surface area contributed by atoms with Gasteiger partial charge in [-0.15, -0.1) is 0 Å². The highest BCUT2D eigenvalue weighted by molar-refractivity contribution is 5.80. The van der Waals surface area contributed by atoms with Crippen molar-refractivity contribution in [3.8, 4) is 0 Å². The fourth-order valence-corrected chi connectivity index (χ4v) is 6.24. The number of ether oxygens (including phenoxy) is 5. The molecule has 48 heavy (non-hydrogen) atoms. The van der Waals surface area contributed by atoms with Crippen LogP contribution in [0.1, 0.15) is 53.4 Å². The van der Waals surface area contributed by atoms with E-state index in [1.807, 2.05) is 0 Å². The molecular weight excluding hydrogens is 636 g/mol. The molecule has 18 heteroatoms. The molecule has 280 valence electrons. The second kappa shape index (κ2) is 17.9. The van der Waals surface area contributed by atoms with E-state index >= 15 is 0 Å². The zero-order chi connectivity index (χ0) is 35.8. The maximum Gasteiger partial charge on any atom is 0.407 e. The van der Waals surface area contributed by atoms with Gasteiger partial charge in [0.1, 0.15) is 41.7 Å². The van der Waals surface area contributed by atoms with Gasteiger partial charge in [0.25, 0.3) is 0 Å². The van der Waals surface area contributed by atoms with Crippen molar-refractivity contribution in [1.29, 1.82) is 0 Å². The van der Waals surface area contributed by atoms with Crippen molar-refractivity contribution in [2.24, 2.45) is 11.5 Å². The molecule has 0 bridgehead atoms. The first kappa shape index (κ1) is 40.6. The summed E-state index contributed by atoms with van der Waals surface area (Å²) in [6, 6.07) is -3.55. The van der Waals surface area contributed by atoms with Gasteiger partial charge in [0, 0.05) is 13.1 Å². The predicted octanol–water partition coefficient (Wildman–Crippen LogP) is -3.92. The second-order valence-corrected chi connectivity index (χ2v) is 14.0. The van der Waals surface area contributed by atoms with E-state index in [0.717, 1.165) is 0 Å². The van der Waals surface area contributed by atoms with Gasteiger partial charge in [-0.1, -0.05) is 0 Å². The van der Waals surface area contributed by atoms with Crippen LogP contribution in [0.4, 0.5) is 4.79 Å². The van der Waals surface area contributed by atoms with Crippen molar-refractivity contribution < 1.29 is 58.8 Å². The van der Waals surface area contributed by atoms with Crippen LogP contribution in [-0.4, -0.2) is 162 Å². The summed E-state index contributed by atoms with van der Waals surface area (Å²) < 4.78 is 29.8. The van der Waals surface area contributed by atoms with Gasteiger partial charge >= 0.3 is 6.09 Å². The number of aliphatic hydroxyl groups excluding tert-OH is 4. The van der Waals surface area contributed by atoms with Gasteiger partial charge in [0.15, 0.2) is 12.6 Å². The molecule has 2 saturated heterocycles. The van der Waals surface area contributed by atoms with E-state index in [1.165, 1.54) is 6.92 Å². The molecule has 0 aromatic rings. The van der Waals surface area contributed by atoms with E-state index in [9.17, 15) is 30.0 Å². The molecule has 1 aliphatic carbocycles. The SMILES string of the molecule is CNC1C(O)C(OC2C(NC(=O)C(O)CCN)CC(NC(=O)OC(C)(C)C)C(OC3OC(CNCCO)CCC3N)C2O)OCC1(C)O. The molecule has 0 spiro atoms. The van der Waals surface area contributed by atoms with Gasteiger partial charge in [-0.25, -0.2) is 4.79 Å². The number of aliphatic hydroxyl groups is 5. The normalized spacial score (nSPS) is 38.2. The zero-order valence-electron chi connectivity index (χ0n) is 28.5. The molecule has 2 amide bonds. The predicted molar refractivity (Wildman–Crippen MR) is 170 cm³/mol. The Bertz CT molecular complexity index is 1020. The van der Waals surface area contributed by atoms with Crippen molar-refractivity contribution in [1.82, 2.24) is 21.3 Å². The first-order valence-corrected chi connectivity index (χ1v) is 16.6. The van der Waals surface area contributed by atoms with Crippen LogP contribution in [0.2, 0.25) is 0 Å². The number of carbonyl (C=O) groups is 2. The maximum atomic E-state index is 13.0. The average molecular weight is 695 g/mol. The van der Waals surface area contributed by atoms with Crippen LogP contribution in [0, 0.1) is 0 Å². The standard InChI is InChI=1S/C30H58N6O12/c1-29(2,3)48-28(42)36-18-12-17(35-25(41)19(38)8-9-31)22(47-27-21(40)24(33-5)30(4,43)14-44-27)20(39)23(18)46-26-16(32)7-6-15(45-26)13-34-10-11-37/h15-24,26-27,33-34,37-40,43H,6-14,31-32H2,1-5H3,(H,35,41)(H,36,42). The summed E-state index contributed by atoms with van der Waals surface area (Å²) in [6.45, 7) is 7.09. The lowest BCUT2D eigenvalue weighted by Gasteiger charge is -2.49. The summed E-state index contributed by atoms with van der Waals surface area (Å²) in [4.78, 5) is 26.0. The molecule has 1 saturated carbocycles. The highest BCUT2D eigenvalue weighted by Crippen LogP contribution is 2.33. The number of nitrogens with one attached hydrogen (secondary N) is 4. The van der Waals surface area contributed by atoms with Crippen molar-refractivity contribution in [2.45, 2.75) is 138 Å². The summed E-state index contributed by atoms with van der Waals surface area (Å²) >= 11 is 0. The molecule has 0 aromatic carbocycles. The zero-order valence-corrected chi connectivity index (χ0v) is 28.5. The van der Waals surface area contributed by atoms with Gasteiger partial charge < -0.3 is 82.0 Å². The number of alkyl carbamates (subject to hydrolysis) is 1. The highest BCUT2D eigenvalue weighted by Gasteiger charge is 2.53. The molecule has 13 unspecified atom stereocenters. The Morgan fingerprint density at radius 1 is 1.06 bits per heavy atom. The smallest absolute Gasteiger partial charge is 0.407 e. The van der Waals surface area contributed by atoms with Crippen LogP contribution in [0.15, 0.2) is 0 Å². The fourth-order valence-electron chi connectivity index (χ4n) is 6.24. The summed E-state index contributed by atoms with van der Waals surface area (Å²) in [5.74, 6) is -0.793. The molecule has 18 nitrogen and oxygen atoms in total. The Hall–Kier alpha value is -1.78. The Morgan fingerprint density at radius 3 is 2.31 bits per heavy atom. The summed E-state index contributed by atoms with van der Waals surface area (Å²) in [5.41, 5.74) is 9.61. The average Bonchev–Trinajstić information content (AvgIpc) is 2.98. The topological polar surface area (TPSA) is 282 Å². The van der Waals surface area contributed by atoms with Crippen LogP contribution in [0.25, 0.3) is 0 Å². The molecule has 2 aliphatic heterocycles. The van der Waals surface area contributed by atoms with Crippen molar-refractivity contribution in [3.05, 3.63) is 0 Å². The van der Waals surface area contributed by atoms with Gasteiger partial charge in [-0.05, 0) is 67.0 Å². The number of amides is 2. The van der Waals surface area contributed by atoms with Crippen LogP contribution >= 0.6 is 0 Å². The largest absolute Gasteiger partial charge is 0.444 e. The molecule has 0 radical (unpaired) electrons. The van der Waals surface area contributed by atoms with Gasteiger partial charge in [-0.2, -0.15) is 0 Å². The van der Waals surface area contributed by atoms with E-state index in [1.54, 1.807) is 27.8 Å². The summed E-state index contributed by atoms with van der Waals surface area (Å²) in [5, 5.41) is 64.7. The summed E-state index contributed by atoms with van der Waals surface area (Å²) in [7, 11) is 1.55. The Morgan fingerprint density at radius 2 is 1.71 bits per heavy atom. The van der Waals surface area contributed by atoms with Crippen LogP contribution in [-0.2, 0) is 28.5 Å². The molecule has 3 aliphatic rings. The van der Waals surface area contributed by atoms with Crippen LogP contribution in [0.3, 0.4) is 0 Å². The molecule has 13 atom stereocenters. The highest BCUT2D eigenvalue weighted by atomic mass is 16.7.